The van der Waals surface area contributed by atoms with Gasteiger partial charge in [-0.15, -0.1) is 11.3 Å². The predicted octanol–water partition coefficient (Wildman–Crippen LogP) is 5.40. The maximum Gasteiger partial charge on any atom is 0.0486 e. The van der Waals surface area contributed by atoms with Gasteiger partial charge in [-0.3, -0.25) is 0 Å². The monoisotopic (exact) mass is 360 g/mol. The van der Waals surface area contributed by atoms with E-state index in [1.807, 2.05) is 11.3 Å². The van der Waals surface area contributed by atoms with Crippen molar-refractivity contribution < 1.29 is 0 Å². The van der Waals surface area contributed by atoms with Crippen molar-refractivity contribution in [1.29, 1.82) is 0 Å². The molecule has 132 valence electrons. The number of likely N-dealkylation sites (N-methyl/N-ethyl adjacent to an activating group) is 1. The van der Waals surface area contributed by atoms with E-state index in [2.05, 4.69) is 71.3 Å². The Hall–Kier alpha value is -2.10. The zero-order valence-corrected chi connectivity index (χ0v) is 16.3. The second-order valence-corrected chi connectivity index (χ2v) is 8.50. The van der Waals surface area contributed by atoms with Crippen LogP contribution in [-0.4, -0.2) is 23.1 Å². The van der Waals surface area contributed by atoms with Gasteiger partial charge in [0.1, 0.15) is 0 Å². The Morgan fingerprint density at radius 2 is 1.96 bits per heavy atom. The summed E-state index contributed by atoms with van der Waals surface area (Å²) in [6, 6.07) is 15.8. The molecule has 0 unspecified atom stereocenters. The van der Waals surface area contributed by atoms with Gasteiger partial charge in [0, 0.05) is 47.4 Å². The number of aryl methyl sites for hydroxylation is 3. The second kappa shape index (κ2) is 6.26. The van der Waals surface area contributed by atoms with E-state index in [1.54, 1.807) is 11.3 Å². The number of thiophene rings is 1. The summed E-state index contributed by atoms with van der Waals surface area (Å²) in [5.41, 5.74) is 7.36. The molecule has 5 rings (SSSR count). The van der Waals surface area contributed by atoms with Crippen LogP contribution in [-0.2, 0) is 25.9 Å². The largest absolute Gasteiger partial charge is 0.344 e. The Balaban J connectivity index is 1.56. The van der Waals surface area contributed by atoms with Crippen molar-refractivity contribution >= 4 is 32.3 Å². The topological polar surface area (TPSA) is 8.17 Å². The molecule has 0 amide bonds. The minimum atomic E-state index is 1.07. The lowest BCUT2D eigenvalue weighted by Crippen LogP contribution is -2.27. The van der Waals surface area contributed by atoms with Crippen LogP contribution >= 0.6 is 11.3 Å². The summed E-state index contributed by atoms with van der Waals surface area (Å²) in [7, 11) is 2.24. The van der Waals surface area contributed by atoms with Gasteiger partial charge < -0.3 is 9.47 Å². The molecule has 0 atom stereocenters. The third-order valence-electron chi connectivity index (χ3n) is 5.77. The molecule has 1 aliphatic heterocycles. The zero-order chi connectivity index (χ0) is 17.7. The van der Waals surface area contributed by atoms with E-state index in [1.165, 1.54) is 32.1 Å². The van der Waals surface area contributed by atoms with Gasteiger partial charge in [-0.1, -0.05) is 29.8 Å². The Kier molecular flexibility index (Phi) is 3.87. The summed E-state index contributed by atoms with van der Waals surface area (Å²) in [4.78, 5) is 2.45. The van der Waals surface area contributed by atoms with Crippen molar-refractivity contribution in [3.63, 3.8) is 0 Å². The molecule has 1 aliphatic rings. The normalized spacial score (nSPS) is 15.0. The first-order chi connectivity index (χ1) is 12.7. The van der Waals surface area contributed by atoms with Gasteiger partial charge in [0.05, 0.1) is 0 Å². The molecule has 0 saturated carbocycles. The van der Waals surface area contributed by atoms with Crippen molar-refractivity contribution in [2.45, 2.75) is 32.9 Å². The molecule has 0 N–H and O–H groups in total. The number of benzene rings is 2. The third kappa shape index (κ3) is 2.58. The highest BCUT2D eigenvalue weighted by Crippen LogP contribution is 2.32. The fraction of sp³-hybridized carbons (Fsp3) is 0.304. The smallest absolute Gasteiger partial charge is 0.0486 e. The van der Waals surface area contributed by atoms with Crippen LogP contribution in [0.25, 0.3) is 21.0 Å². The van der Waals surface area contributed by atoms with Crippen molar-refractivity contribution in [2.24, 2.45) is 0 Å². The van der Waals surface area contributed by atoms with Gasteiger partial charge in [-0.25, -0.2) is 0 Å². The predicted molar refractivity (Wildman–Crippen MR) is 112 cm³/mol. The van der Waals surface area contributed by atoms with Crippen LogP contribution in [0.3, 0.4) is 0 Å². The van der Waals surface area contributed by atoms with E-state index in [-0.39, 0.29) is 0 Å². The molecule has 4 aromatic rings. The quantitative estimate of drug-likeness (QED) is 0.475. The Bertz CT molecular complexity index is 1100. The molecule has 2 nitrogen and oxygen atoms in total. The highest BCUT2D eigenvalue weighted by Gasteiger charge is 2.22. The Morgan fingerprint density at radius 3 is 2.88 bits per heavy atom. The van der Waals surface area contributed by atoms with Gasteiger partial charge in [0.2, 0.25) is 0 Å². The fourth-order valence-corrected chi connectivity index (χ4v) is 5.41. The second-order valence-electron chi connectivity index (χ2n) is 7.59. The summed E-state index contributed by atoms with van der Waals surface area (Å²) in [6.45, 7) is 5.50. The van der Waals surface area contributed by atoms with Crippen LogP contribution in [0.4, 0.5) is 0 Å². The first-order valence-corrected chi connectivity index (χ1v) is 10.3. The molecule has 0 fully saturated rings. The first kappa shape index (κ1) is 16.1. The van der Waals surface area contributed by atoms with Crippen molar-refractivity contribution in [3.8, 4) is 0 Å². The highest BCUT2D eigenvalue weighted by molar-refractivity contribution is 7.17. The van der Waals surface area contributed by atoms with Gasteiger partial charge in [0.15, 0.2) is 0 Å². The molecule has 3 heterocycles. The Morgan fingerprint density at radius 1 is 1.08 bits per heavy atom. The SMILES string of the molecule is Cc1ccc2c(c1)c1c(n2CCc2csc3ccccc23)CCN(C)C1. The van der Waals surface area contributed by atoms with E-state index in [9.17, 15) is 0 Å². The van der Waals surface area contributed by atoms with E-state index in [0.29, 0.717) is 0 Å². The molecule has 2 aromatic heterocycles. The molecule has 3 heteroatoms. The van der Waals surface area contributed by atoms with E-state index < -0.39 is 0 Å². The standard InChI is InChI=1S/C23H24N2S/c1-16-7-8-21-19(13-16)20-14-24(2)11-10-22(20)25(21)12-9-17-15-26-23-6-4-3-5-18(17)23/h3-8,13,15H,9-12,14H2,1-2H3. The average molecular weight is 361 g/mol. The van der Waals surface area contributed by atoms with Crippen LogP contribution in [0.5, 0.6) is 0 Å². The van der Waals surface area contributed by atoms with Gasteiger partial charge >= 0.3 is 0 Å². The lowest BCUT2D eigenvalue weighted by molar-refractivity contribution is 0.309. The summed E-state index contributed by atoms with van der Waals surface area (Å²) >= 11 is 1.87. The molecule has 0 spiro atoms. The van der Waals surface area contributed by atoms with E-state index in [0.717, 1.165) is 32.5 Å². The maximum atomic E-state index is 2.60. The number of nitrogens with zero attached hydrogens (tertiary/aromatic N) is 2. The first-order valence-electron chi connectivity index (χ1n) is 9.45. The molecular formula is C23H24N2S. The van der Waals surface area contributed by atoms with E-state index in [4.69, 9.17) is 0 Å². The third-order valence-corrected chi connectivity index (χ3v) is 6.78. The molecule has 0 saturated heterocycles. The average Bonchev–Trinajstić information content (AvgIpc) is 3.19. The van der Waals surface area contributed by atoms with Crippen LogP contribution in [0.1, 0.15) is 22.4 Å². The molecule has 26 heavy (non-hydrogen) atoms. The number of rotatable bonds is 3. The van der Waals surface area contributed by atoms with Crippen LogP contribution in [0.15, 0.2) is 47.8 Å². The number of aromatic nitrogens is 1. The van der Waals surface area contributed by atoms with E-state index >= 15 is 0 Å². The maximum absolute atomic E-state index is 2.60. The molecular weight excluding hydrogens is 336 g/mol. The minimum Gasteiger partial charge on any atom is -0.344 e. The summed E-state index contributed by atoms with van der Waals surface area (Å²) in [5.74, 6) is 0. The van der Waals surface area contributed by atoms with Crippen LogP contribution < -0.4 is 0 Å². The number of hydrogen-bond acceptors (Lipinski definition) is 2. The van der Waals surface area contributed by atoms with Gasteiger partial charge in [-0.05, 0) is 60.5 Å². The molecule has 0 bridgehead atoms. The molecule has 0 aliphatic carbocycles. The summed E-state index contributed by atoms with van der Waals surface area (Å²) < 4.78 is 4.00. The van der Waals surface area contributed by atoms with Gasteiger partial charge in [-0.2, -0.15) is 0 Å². The molecule has 2 aromatic carbocycles. The number of fused-ring (bicyclic) bond motifs is 4. The van der Waals surface area contributed by atoms with Crippen molar-refractivity contribution in [3.05, 3.63) is 70.2 Å². The fourth-order valence-electron chi connectivity index (χ4n) is 4.41. The Labute approximate surface area is 158 Å². The zero-order valence-electron chi connectivity index (χ0n) is 15.5. The summed E-state index contributed by atoms with van der Waals surface area (Å²) in [5, 5.41) is 5.24. The lowest BCUT2D eigenvalue weighted by atomic mass is 10.0. The number of hydrogen-bond donors (Lipinski definition) is 0. The van der Waals surface area contributed by atoms with Crippen LogP contribution in [0, 0.1) is 6.92 Å². The minimum absolute atomic E-state index is 1.07. The molecule has 0 radical (unpaired) electrons. The lowest BCUT2D eigenvalue weighted by Gasteiger charge is -2.24. The van der Waals surface area contributed by atoms with Crippen molar-refractivity contribution in [1.82, 2.24) is 9.47 Å². The summed E-state index contributed by atoms with van der Waals surface area (Å²) in [6.07, 6.45) is 2.26. The highest BCUT2D eigenvalue weighted by atomic mass is 32.1. The van der Waals surface area contributed by atoms with Crippen LogP contribution in [0.2, 0.25) is 0 Å². The van der Waals surface area contributed by atoms with Gasteiger partial charge in [0.25, 0.3) is 0 Å². The van der Waals surface area contributed by atoms with Crippen molar-refractivity contribution in [2.75, 3.05) is 13.6 Å².